The highest BCUT2D eigenvalue weighted by Gasteiger charge is 2.30. The number of hydrogen-bond acceptors (Lipinski definition) is 0. The van der Waals surface area contributed by atoms with E-state index in [0.29, 0.717) is 0 Å². The van der Waals surface area contributed by atoms with Crippen LogP contribution in [0.3, 0.4) is 0 Å². The zero-order valence-corrected chi connectivity index (χ0v) is 23.6. The summed E-state index contributed by atoms with van der Waals surface area (Å²) < 4.78 is 0. The summed E-state index contributed by atoms with van der Waals surface area (Å²) in [7, 11) is 0. The minimum atomic E-state index is -0.904. The Bertz CT molecular complexity index is 839. The van der Waals surface area contributed by atoms with E-state index in [-0.39, 0.29) is 16.2 Å². The van der Waals surface area contributed by atoms with Crippen LogP contribution >= 0.6 is 0 Å². The molecule has 0 saturated heterocycles. The van der Waals surface area contributed by atoms with Gasteiger partial charge < -0.3 is 0 Å². The highest BCUT2D eigenvalue weighted by Crippen LogP contribution is 2.36. The lowest BCUT2D eigenvalue weighted by Crippen LogP contribution is -2.27. The van der Waals surface area contributed by atoms with Gasteiger partial charge in [-0.2, -0.15) is 0 Å². The molecular formula is C33H45Al. The first-order chi connectivity index (χ1) is 16.1. The Hall–Kier alpha value is -1.81. The average molecular weight is 469 g/mol. The van der Waals surface area contributed by atoms with Crippen LogP contribution in [0.1, 0.15) is 77.5 Å². The minimum Gasteiger partial charge on any atom is -0.0930 e. The van der Waals surface area contributed by atoms with Crippen LogP contribution < -0.4 is 0 Å². The van der Waals surface area contributed by atoms with E-state index in [0.717, 1.165) is 0 Å². The van der Waals surface area contributed by atoms with Crippen LogP contribution in [0.4, 0.5) is 0 Å². The molecule has 0 saturated carbocycles. The number of hydrogen-bond donors (Lipinski definition) is 0. The van der Waals surface area contributed by atoms with Crippen LogP contribution in [0, 0.1) is 0 Å². The molecule has 0 aliphatic rings. The average Bonchev–Trinajstić information content (AvgIpc) is 2.85. The highest BCUT2D eigenvalue weighted by molar-refractivity contribution is 6.58. The van der Waals surface area contributed by atoms with Crippen molar-refractivity contribution in [2.24, 2.45) is 0 Å². The first kappa shape index (κ1) is 26.8. The standard InChI is InChI=1S/3C11H15.Al/c3*1-4-11(2,3)10-8-6-5-7-9-10;/h3*5-9H,1,4H2,2-3H3;. The lowest BCUT2D eigenvalue weighted by atomic mass is 9.82. The van der Waals surface area contributed by atoms with Crippen LogP contribution in [-0.4, -0.2) is 14.1 Å². The maximum absolute atomic E-state index is 2.44. The summed E-state index contributed by atoms with van der Waals surface area (Å²) in [6.07, 6.45) is 3.89. The highest BCUT2D eigenvalue weighted by atomic mass is 27.2. The van der Waals surface area contributed by atoms with E-state index in [4.69, 9.17) is 0 Å². The molecule has 0 nitrogen and oxygen atoms in total. The van der Waals surface area contributed by atoms with E-state index >= 15 is 0 Å². The zero-order chi connectivity index (χ0) is 24.7. The summed E-state index contributed by atoms with van der Waals surface area (Å²) in [5, 5.41) is 4.28. The van der Waals surface area contributed by atoms with Gasteiger partial charge in [0, 0.05) is 0 Å². The molecule has 0 atom stereocenters. The first-order valence-corrected chi connectivity index (χ1v) is 15.7. The fourth-order valence-corrected chi connectivity index (χ4v) is 9.48. The second kappa shape index (κ2) is 11.8. The number of rotatable bonds is 12. The van der Waals surface area contributed by atoms with E-state index in [2.05, 4.69) is 133 Å². The van der Waals surface area contributed by atoms with Gasteiger partial charge >= 0.3 is 0 Å². The van der Waals surface area contributed by atoms with Gasteiger partial charge in [0.1, 0.15) is 0 Å². The van der Waals surface area contributed by atoms with Crippen molar-refractivity contribution in [1.29, 1.82) is 0 Å². The fourth-order valence-electron chi connectivity index (χ4n) is 5.23. The molecule has 0 aliphatic carbocycles. The molecule has 0 heterocycles. The van der Waals surface area contributed by atoms with E-state index < -0.39 is 14.1 Å². The normalized spacial score (nSPS) is 12.5. The first-order valence-electron chi connectivity index (χ1n) is 13.3. The molecule has 0 aliphatic heterocycles. The third-order valence-corrected chi connectivity index (χ3v) is 11.5. The predicted molar refractivity (Wildman–Crippen MR) is 152 cm³/mol. The molecule has 0 N–H and O–H groups in total. The zero-order valence-electron chi connectivity index (χ0n) is 22.5. The smallest absolute Gasteiger partial charge is 0.0930 e. The molecule has 34 heavy (non-hydrogen) atoms. The Kier molecular flexibility index (Phi) is 9.26. The molecule has 3 aromatic rings. The van der Waals surface area contributed by atoms with E-state index in [9.17, 15) is 0 Å². The van der Waals surface area contributed by atoms with Crippen molar-refractivity contribution in [3.63, 3.8) is 0 Å². The Morgan fingerprint density at radius 3 is 0.882 bits per heavy atom. The van der Waals surface area contributed by atoms with Crippen LogP contribution in [0.2, 0.25) is 15.8 Å². The van der Waals surface area contributed by atoms with Gasteiger partial charge in [-0.25, -0.2) is 0 Å². The summed E-state index contributed by atoms with van der Waals surface area (Å²) in [5.41, 5.74) is 5.19. The lowest BCUT2D eigenvalue weighted by Gasteiger charge is -2.31. The second-order valence-electron chi connectivity index (χ2n) is 12.2. The van der Waals surface area contributed by atoms with Crippen LogP contribution in [0.15, 0.2) is 91.0 Å². The van der Waals surface area contributed by atoms with Crippen molar-refractivity contribution in [3.8, 4) is 0 Å². The predicted octanol–water partition coefficient (Wildman–Crippen LogP) is 9.58. The van der Waals surface area contributed by atoms with Gasteiger partial charge in [-0.1, -0.05) is 168 Å². The van der Waals surface area contributed by atoms with Crippen molar-refractivity contribution in [3.05, 3.63) is 108 Å². The molecule has 180 valence electrons. The van der Waals surface area contributed by atoms with Crippen molar-refractivity contribution in [2.45, 2.75) is 92.9 Å². The molecule has 3 aromatic carbocycles. The van der Waals surface area contributed by atoms with Gasteiger partial charge in [0.05, 0.1) is 0 Å². The molecule has 1 heteroatoms. The van der Waals surface area contributed by atoms with Crippen LogP contribution in [-0.2, 0) is 16.2 Å². The van der Waals surface area contributed by atoms with Gasteiger partial charge in [0.25, 0.3) is 14.1 Å². The Morgan fingerprint density at radius 2 is 0.647 bits per heavy atom. The maximum Gasteiger partial charge on any atom is 0.261 e. The lowest BCUT2D eigenvalue weighted by molar-refractivity contribution is 0.483. The van der Waals surface area contributed by atoms with Gasteiger partial charge in [-0.05, 0) is 32.9 Å². The van der Waals surface area contributed by atoms with Gasteiger partial charge in [-0.15, -0.1) is 0 Å². The SMILES string of the molecule is CC(C)(C[CH2][Al]([CH2]CC(C)(C)c1ccccc1)[CH2]CC(C)(C)c1ccccc1)c1ccccc1. The van der Waals surface area contributed by atoms with E-state index in [1.54, 1.807) is 0 Å². The molecule has 0 fully saturated rings. The molecular weight excluding hydrogens is 423 g/mol. The van der Waals surface area contributed by atoms with Gasteiger partial charge in [0.15, 0.2) is 0 Å². The van der Waals surface area contributed by atoms with Crippen molar-refractivity contribution in [2.75, 3.05) is 0 Å². The number of benzene rings is 3. The maximum atomic E-state index is 2.44. The summed E-state index contributed by atoms with van der Waals surface area (Å²) in [4.78, 5) is 0. The largest absolute Gasteiger partial charge is 0.261 e. The van der Waals surface area contributed by atoms with Crippen LogP contribution in [0.25, 0.3) is 0 Å². The van der Waals surface area contributed by atoms with Gasteiger partial charge in [0.2, 0.25) is 0 Å². The van der Waals surface area contributed by atoms with E-state index in [1.807, 2.05) is 0 Å². The topological polar surface area (TPSA) is 0 Å². The third kappa shape index (κ3) is 7.60. The minimum absolute atomic E-state index is 0.246. The third-order valence-electron chi connectivity index (χ3n) is 8.20. The molecule has 3 rings (SSSR count). The molecule has 0 aromatic heterocycles. The van der Waals surface area contributed by atoms with Crippen molar-refractivity contribution in [1.82, 2.24) is 0 Å². The molecule has 0 radical (unpaired) electrons. The van der Waals surface area contributed by atoms with Crippen molar-refractivity contribution < 1.29 is 0 Å². The summed E-state index contributed by atoms with van der Waals surface area (Å²) in [5.74, 6) is 0. The summed E-state index contributed by atoms with van der Waals surface area (Å²) in [6, 6.07) is 33.4. The fraction of sp³-hybridized carbons (Fsp3) is 0.455. The van der Waals surface area contributed by atoms with E-state index in [1.165, 1.54) is 51.8 Å². The van der Waals surface area contributed by atoms with Crippen LogP contribution in [0.5, 0.6) is 0 Å². The van der Waals surface area contributed by atoms with Gasteiger partial charge in [-0.3, -0.25) is 0 Å². The Balaban J connectivity index is 1.70. The quantitative estimate of drug-likeness (QED) is 0.232. The monoisotopic (exact) mass is 468 g/mol. The molecule has 0 unspecified atom stereocenters. The Labute approximate surface area is 214 Å². The molecule has 0 amide bonds. The molecule has 0 bridgehead atoms. The Morgan fingerprint density at radius 1 is 0.412 bits per heavy atom. The second-order valence-corrected chi connectivity index (χ2v) is 15.7. The summed E-state index contributed by atoms with van der Waals surface area (Å²) >= 11 is -0.904. The molecule has 0 spiro atoms. The van der Waals surface area contributed by atoms with Crippen molar-refractivity contribution >= 4 is 14.1 Å². The summed E-state index contributed by atoms with van der Waals surface area (Å²) in [6.45, 7) is 14.6.